The lowest BCUT2D eigenvalue weighted by Gasteiger charge is -2.10. The van der Waals surface area contributed by atoms with Crippen LogP contribution in [0.1, 0.15) is 24.8 Å². The predicted molar refractivity (Wildman–Crippen MR) is 66.6 cm³/mol. The van der Waals surface area contributed by atoms with Crippen LogP contribution in [-0.4, -0.2) is 30.0 Å². The Morgan fingerprint density at radius 2 is 2.29 bits per heavy atom. The Hall–Kier alpha value is -1.42. The van der Waals surface area contributed by atoms with E-state index in [4.69, 9.17) is 0 Å². The van der Waals surface area contributed by atoms with Crippen LogP contribution in [0.3, 0.4) is 0 Å². The van der Waals surface area contributed by atoms with E-state index in [1.165, 1.54) is 12.8 Å². The number of hydrogen-bond donors (Lipinski definition) is 2. The molecule has 0 aliphatic carbocycles. The van der Waals surface area contributed by atoms with E-state index in [-0.39, 0.29) is 5.91 Å². The summed E-state index contributed by atoms with van der Waals surface area (Å²) in [5.41, 5.74) is 1.01. The van der Waals surface area contributed by atoms with Gasteiger partial charge in [-0.3, -0.25) is 9.78 Å². The maximum Gasteiger partial charge on any atom is 0.224 e. The fourth-order valence-corrected chi connectivity index (χ4v) is 2.14. The first-order valence-corrected chi connectivity index (χ1v) is 6.23. The van der Waals surface area contributed by atoms with Gasteiger partial charge in [0.1, 0.15) is 0 Å². The van der Waals surface area contributed by atoms with Crippen molar-refractivity contribution in [1.29, 1.82) is 0 Å². The summed E-state index contributed by atoms with van der Waals surface area (Å²) in [6.45, 7) is 1.89. The van der Waals surface area contributed by atoms with Gasteiger partial charge in [0.05, 0.1) is 6.42 Å². The van der Waals surface area contributed by atoms with Crippen LogP contribution in [0, 0.1) is 0 Å². The van der Waals surface area contributed by atoms with Crippen LogP contribution in [-0.2, 0) is 11.2 Å². The van der Waals surface area contributed by atoms with Crippen molar-refractivity contribution in [3.05, 3.63) is 30.1 Å². The van der Waals surface area contributed by atoms with E-state index in [2.05, 4.69) is 15.6 Å². The van der Waals surface area contributed by atoms with Gasteiger partial charge in [0.25, 0.3) is 0 Å². The molecule has 1 aromatic rings. The summed E-state index contributed by atoms with van der Waals surface area (Å²) in [5, 5.41) is 6.38. The van der Waals surface area contributed by atoms with Crippen molar-refractivity contribution < 1.29 is 4.79 Å². The minimum Gasteiger partial charge on any atom is -0.356 e. The van der Waals surface area contributed by atoms with Crippen molar-refractivity contribution in [2.45, 2.75) is 31.7 Å². The Morgan fingerprint density at radius 3 is 3.00 bits per heavy atom. The molecule has 0 saturated carbocycles. The third-order valence-corrected chi connectivity index (χ3v) is 3.09. The summed E-state index contributed by atoms with van der Waals surface area (Å²) in [6, 6.07) is 4.34. The fourth-order valence-electron chi connectivity index (χ4n) is 2.14. The van der Waals surface area contributed by atoms with Crippen LogP contribution < -0.4 is 10.6 Å². The summed E-state index contributed by atoms with van der Waals surface area (Å²) in [7, 11) is 0. The molecule has 2 heterocycles. The van der Waals surface area contributed by atoms with E-state index in [1.54, 1.807) is 12.4 Å². The molecule has 0 bridgehead atoms. The van der Waals surface area contributed by atoms with Crippen LogP contribution in [0.2, 0.25) is 0 Å². The molecule has 4 nitrogen and oxygen atoms in total. The Bertz CT molecular complexity index is 347. The summed E-state index contributed by atoms with van der Waals surface area (Å²) < 4.78 is 0. The molecule has 0 aromatic carbocycles. The lowest BCUT2D eigenvalue weighted by molar-refractivity contribution is -0.120. The highest BCUT2D eigenvalue weighted by atomic mass is 16.1. The van der Waals surface area contributed by atoms with Gasteiger partial charge in [-0.1, -0.05) is 0 Å². The largest absolute Gasteiger partial charge is 0.356 e. The number of hydrogen-bond acceptors (Lipinski definition) is 3. The molecule has 92 valence electrons. The molecule has 1 aliphatic rings. The highest BCUT2D eigenvalue weighted by molar-refractivity contribution is 5.78. The summed E-state index contributed by atoms with van der Waals surface area (Å²) in [4.78, 5) is 15.6. The number of carbonyl (C=O) groups excluding carboxylic acids is 1. The molecule has 2 rings (SSSR count). The molecule has 0 radical (unpaired) electrons. The van der Waals surface area contributed by atoms with Crippen LogP contribution in [0.4, 0.5) is 0 Å². The normalized spacial score (nSPS) is 19.2. The first-order valence-electron chi connectivity index (χ1n) is 6.23. The summed E-state index contributed by atoms with van der Waals surface area (Å²) >= 11 is 0. The van der Waals surface area contributed by atoms with E-state index >= 15 is 0 Å². The standard InChI is InChI=1S/C13H19N3O/c17-13(10-11-3-7-14-8-4-11)16-9-5-12-2-1-6-15-12/h3-4,7-8,12,15H,1-2,5-6,9-10H2,(H,16,17). The molecular weight excluding hydrogens is 214 g/mol. The number of nitrogens with one attached hydrogen (secondary N) is 2. The van der Waals surface area contributed by atoms with Gasteiger partial charge in [-0.25, -0.2) is 0 Å². The highest BCUT2D eigenvalue weighted by Gasteiger charge is 2.13. The van der Waals surface area contributed by atoms with E-state index in [0.717, 1.165) is 25.1 Å². The molecule has 2 N–H and O–H groups in total. The number of amides is 1. The van der Waals surface area contributed by atoms with E-state index in [9.17, 15) is 4.79 Å². The highest BCUT2D eigenvalue weighted by Crippen LogP contribution is 2.07. The molecule has 1 aromatic heterocycles. The summed E-state index contributed by atoms with van der Waals surface area (Å²) in [5.74, 6) is 0.0918. The molecule has 4 heteroatoms. The maximum atomic E-state index is 11.6. The SMILES string of the molecule is O=C(Cc1ccncc1)NCCC1CCCN1. The molecule has 1 unspecified atom stereocenters. The van der Waals surface area contributed by atoms with E-state index in [0.29, 0.717) is 12.5 Å². The Morgan fingerprint density at radius 1 is 1.47 bits per heavy atom. The van der Waals surface area contributed by atoms with Gasteiger partial charge in [-0.05, 0) is 43.5 Å². The minimum atomic E-state index is 0.0918. The number of aromatic nitrogens is 1. The van der Waals surface area contributed by atoms with Crippen LogP contribution >= 0.6 is 0 Å². The molecule has 17 heavy (non-hydrogen) atoms. The monoisotopic (exact) mass is 233 g/mol. The Kier molecular flexibility index (Phi) is 4.50. The van der Waals surface area contributed by atoms with Gasteiger partial charge < -0.3 is 10.6 Å². The topological polar surface area (TPSA) is 54.0 Å². The second-order valence-electron chi connectivity index (χ2n) is 4.46. The van der Waals surface area contributed by atoms with Crippen LogP contribution in [0.15, 0.2) is 24.5 Å². The van der Waals surface area contributed by atoms with Gasteiger partial charge in [0.15, 0.2) is 0 Å². The van der Waals surface area contributed by atoms with Crippen LogP contribution in [0.5, 0.6) is 0 Å². The van der Waals surface area contributed by atoms with Gasteiger partial charge >= 0.3 is 0 Å². The van der Waals surface area contributed by atoms with Gasteiger partial charge in [-0.2, -0.15) is 0 Å². The average molecular weight is 233 g/mol. The second-order valence-corrected chi connectivity index (χ2v) is 4.46. The van der Waals surface area contributed by atoms with Crippen molar-refractivity contribution >= 4 is 5.91 Å². The maximum absolute atomic E-state index is 11.6. The van der Waals surface area contributed by atoms with Gasteiger partial charge in [-0.15, -0.1) is 0 Å². The lowest BCUT2D eigenvalue weighted by Crippen LogP contribution is -2.31. The number of carbonyl (C=O) groups is 1. The van der Waals surface area contributed by atoms with Gasteiger partial charge in [0.2, 0.25) is 5.91 Å². The molecule has 1 saturated heterocycles. The molecule has 0 spiro atoms. The quantitative estimate of drug-likeness (QED) is 0.794. The van der Waals surface area contributed by atoms with Crippen LogP contribution in [0.25, 0.3) is 0 Å². The first kappa shape index (κ1) is 12.0. The molecule has 1 atom stereocenters. The first-order chi connectivity index (χ1) is 8.34. The number of rotatable bonds is 5. The van der Waals surface area contributed by atoms with Crippen molar-refractivity contribution in [3.63, 3.8) is 0 Å². The Labute approximate surface area is 102 Å². The summed E-state index contributed by atoms with van der Waals surface area (Å²) in [6.07, 6.45) is 7.40. The van der Waals surface area contributed by atoms with E-state index < -0.39 is 0 Å². The molecule has 1 fully saturated rings. The number of pyridine rings is 1. The zero-order valence-corrected chi connectivity index (χ0v) is 9.98. The zero-order chi connectivity index (χ0) is 11.9. The van der Waals surface area contributed by atoms with Crippen molar-refractivity contribution in [2.24, 2.45) is 0 Å². The fraction of sp³-hybridized carbons (Fsp3) is 0.538. The van der Waals surface area contributed by atoms with Crippen molar-refractivity contribution in [3.8, 4) is 0 Å². The zero-order valence-electron chi connectivity index (χ0n) is 9.98. The molecule has 1 amide bonds. The molecular formula is C13H19N3O. The van der Waals surface area contributed by atoms with Gasteiger partial charge in [0, 0.05) is 25.0 Å². The average Bonchev–Trinajstić information content (AvgIpc) is 2.83. The van der Waals surface area contributed by atoms with Crippen molar-refractivity contribution in [2.75, 3.05) is 13.1 Å². The van der Waals surface area contributed by atoms with E-state index in [1.807, 2.05) is 12.1 Å². The third kappa shape index (κ3) is 4.15. The predicted octanol–water partition coefficient (Wildman–Crippen LogP) is 0.882. The number of nitrogens with zero attached hydrogens (tertiary/aromatic N) is 1. The lowest BCUT2D eigenvalue weighted by atomic mass is 10.1. The minimum absolute atomic E-state index is 0.0918. The second kappa shape index (κ2) is 6.35. The van der Waals surface area contributed by atoms with Crippen molar-refractivity contribution in [1.82, 2.24) is 15.6 Å². The Balaban J connectivity index is 1.64. The third-order valence-electron chi connectivity index (χ3n) is 3.09. The molecule has 1 aliphatic heterocycles. The smallest absolute Gasteiger partial charge is 0.224 e.